The van der Waals surface area contributed by atoms with Gasteiger partial charge in [0.25, 0.3) is 0 Å². The zero-order chi connectivity index (χ0) is 14.9. The Hall–Kier alpha value is -0.770. The van der Waals surface area contributed by atoms with Gasteiger partial charge in [-0.1, -0.05) is 0 Å². The Bertz CT molecular complexity index is 346. The zero-order valence-corrected chi connectivity index (χ0v) is 11.1. The van der Waals surface area contributed by atoms with Gasteiger partial charge in [0, 0.05) is 6.42 Å². The van der Waals surface area contributed by atoms with E-state index >= 15 is 0 Å². The van der Waals surface area contributed by atoms with Crippen LogP contribution in [0.2, 0.25) is 0 Å². The fourth-order valence-corrected chi connectivity index (χ4v) is 2.43. The van der Waals surface area contributed by atoms with Gasteiger partial charge in [0.1, 0.15) is 30.5 Å². The molecule has 0 amide bonds. The zero-order valence-electron chi connectivity index (χ0n) is 11.1. The van der Waals surface area contributed by atoms with Crippen molar-refractivity contribution in [2.75, 3.05) is 6.61 Å². The molecule has 0 aromatic carbocycles. The number of hydrogen-bond acceptors (Lipinski definition) is 8. The first-order chi connectivity index (χ1) is 9.42. The standard InChI is InChI=1S/C12H20O8/c1-5-2-6(3-8(14)18-5)19-12-11(17)10(16)9(15)7(4-13)20-12/h5-7,9-13,15-17H,2-4H2,1H3/t5-,6-,7-,9-,10+,11-,12-/m0/s1. The van der Waals surface area contributed by atoms with Crippen molar-refractivity contribution in [3.8, 4) is 0 Å². The van der Waals surface area contributed by atoms with Crippen molar-refractivity contribution in [2.45, 2.75) is 62.7 Å². The summed E-state index contributed by atoms with van der Waals surface area (Å²) >= 11 is 0. The van der Waals surface area contributed by atoms with Crippen molar-refractivity contribution in [3.63, 3.8) is 0 Å². The number of aliphatic hydroxyl groups excluding tert-OH is 4. The number of carbonyl (C=O) groups excluding carboxylic acids is 1. The molecule has 2 saturated heterocycles. The Labute approximate surface area is 115 Å². The number of esters is 1. The maximum absolute atomic E-state index is 11.3. The van der Waals surface area contributed by atoms with Gasteiger partial charge >= 0.3 is 5.97 Å². The summed E-state index contributed by atoms with van der Waals surface area (Å²) in [5, 5.41) is 38.2. The Balaban J connectivity index is 1.98. The third-order valence-corrected chi connectivity index (χ3v) is 3.50. The van der Waals surface area contributed by atoms with Crippen LogP contribution < -0.4 is 0 Å². The third-order valence-electron chi connectivity index (χ3n) is 3.50. The van der Waals surface area contributed by atoms with Gasteiger partial charge in [-0.05, 0) is 6.92 Å². The fourth-order valence-electron chi connectivity index (χ4n) is 2.43. The highest BCUT2D eigenvalue weighted by Crippen LogP contribution is 2.26. The highest BCUT2D eigenvalue weighted by Gasteiger charge is 2.45. The van der Waals surface area contributed by atoms with Crippen LogP contribution in [0.25, 0.3) is 0 Å². The van der Waals surface area contributed by atoms with Crippen molar-refractivity contribution < 1.29 is 39.4 Å². The van der Waals surface area contributed by atoms with Crippen LogP contribution in [-0.2, 0) is 19.0 Å². The molecule has 0 aromatic rings. The Morgan fingerprint density at radius 3 is 2.55 bits per heavy atom. The molecule has 2 rings (SSSR count). The molecular formula is C12H20O8. The molecule has 20 heavy (non-hydrogen) atoms. The lowest BCUT2D eigenvalue weighted by Crippen LogP contribution is -2.60. The number of ether oxygens (including phenoxy) is 3. The Kier molecular flexibility index (Phi) is 4.95. The van der Waals surface area contributed by atoms with E-state index in [1.54, 1.807) is 6.92 Å². The minimum absolute atomic E-state index is 0.0271. The second kappa shape index (κ2) is 6.33. The first kappa shape index (κ1) is 15.6. The van der Waals surface area contributed by atoms with Crippen molar-refractivity contribution in [2.24, 2.45) is 0 Å². The molecule has 0 saturated carbocycles. The maximum atomic E-state index is 11.3. The average molecular weight is 292 g/mol. The van der Waals surface area contributed by atoms with Gasteiger partial charge in [-0.15, -0.1) is 0 Å². The fraction of sp³-hybridized carbons (Fsp3) is 0.917. The molecule has 0 aromatic heterocycles. The Morgan fingerprint density at radius 2 is 1.95 bits per heavy atom. The highest BCUT2D eigenvalue weighted by molar-refractivity contribution is 5.70. The van der Waals surface area contributed by atoms with Crippen LogP contribution in [0, 0.1) is 0 Å². The van der Waals surface area contributed by atoms with Gasteiger partial charge in [-0.2, -0.15) is 0 Å². The van der Waals surface area contributed by atoms with Crippen molar-refractivity contribution in [1.29, 1.82) is 0 Å². The molecule has 2 aliphatic rings. The summed E-state index contributed by atoms with van der Waals surface area (Å²) in [7, 11) is 0. The van der Waals surface area contributed by atoms with Gasteiger partial charge in [-0.3, -0.25) is 4.79 Å². The number of carbonyl (C=O) groups is 1. The quantitative estimate of drug-likeness (QED) is 0.436. The molecule has 8 nitrogen and oxygen atoms in total. The van der Waals surface area contributed by atoms with Gasteiger partial charge in [-0.25, -0.2) is 0 Å². The topological polar surface area (TPSA) is 126 Å². The molecule has 8 heteroatoms. The predicted molar refractivity (Wildman–Crippen MR) is 63.4 cm³/mol. The summed E-state index contributed by atoms with van der Waals surface area (Å²) in [5.74, 6) is -0.404. The maximum Gasteiger partial charge on any atom is 0.308 e. The summed E-state index contributed by atoms with van der Waals surface area (Å²) in [6.07, 6.45) is -6.94. The monoisotopic (exact) mass is 292 g/mol. The van der Waals surface area contributed by atoms with Gasteiger partial charge in [0.15, 0.2) is 6.29 Å². The largest absolute Gasteiger partial charge is 0.462 e. The molecule has 2 fully saturated rings. The van der Waals surface area contributed by atoms with Crippen LogP contribution in [0.5, 0.6) is 0 Å². The van der Waals surface area contributed by atoms with E-state index in [2.05, 4.69) is 0 Å². The van der Waals surface area contributed by atoms with Crippen LogP contribution in [0.1, 0.15) is 19.8 Å². The van der Waals surface area contributed by atoms with Gasteiger partial charge in [0.2, 0.25) is 0 Å². The van der Waals surface area contributed by atoms with Crippen LogP contribution >= 0.6 is 0 Å². The Morgan fingerprint density at radius 1 is 1.25 bits per heavy atom. The van der Waals surface area contributed by atoms with E-state index in [4.69, 9.17) is 19.3 Å². The van der Waals surface area contributed by atoms with E-state index in [0.717, 1.165) is 0 Å². The minimum Gasteiger partial charge on any atom is -0.462 e. The molecule has 0 unspecified atom stereocenters. The number of rotatable bonds is 3. The molecule has 2 heterocycles. The molecule has 0 spiro atoms. The first-order valence-corrected chi connectivity index (χ1v) is 6.57. The highest BCUT2D eigenvalue weighted by atomic mass is 16.7. The molecule has 2 aliphatic heterocycles. The van der Waals surface area contributed by atoms with E-state index in [0.29, 0.717) is 6.42 Å². The number of hydrogen-bond donors (Lipinski definition) is 4. The molecule has 0 aliphatic carbocycles. The van der Waals surface area contributed by atoms with Crippen molar-refractivity contribution in [1.82, 2.24) is 0 Å². The van der Waals surface area contributed by atoms with E-state index < -0.39 is 49.4 Å². The summed E-state index contributed by atoms with van der Waals surface area (Å²) in [5.41, 5.74) is 0. The molecular weight excluding hydrogens is 272 g/mol. The summed E-state index contributed by atoms with van der Waals surface area (Å²) in [4.78, 5) is 11.3. The van der Waals surface area contributed by atoms with E-state index in [1.165, 1.54) is 0 Å². The van der Waals surface area contributed by atoms with Crippen LogP contribution in [0.4, 0.5) is 0 Å². The molecule has 7 atom stereocenters. The number of cyclic esters (lactones) is 1. The van der Waals surface area contributed by atoms with E-state index in [1.807, 2.05) is 0 Å². The predicted octanol–water partition coefficient (Wildman–Crippen LogP) is -2.10. The lowest BCUT2D eigenvalue weighted by atomic mass is 9.99. The molecule has 4 N–H and O–H groups in total. The van der Waals surface area contributed by atoms with Gasteiger partial charge < -0.3 is 34.6 Å². The van der Waals surface area contributed by atoms with Crippen LogP contribution in [0.15, 0.2) is 0 Å². The lowest BCUT2D eigenvalue weighted by Gasteiger charge is -2.41. The molecule has 0 bridgehead atoms. The normalized spacial score (nSPS) is 46.0. The summed E-state index contributed by atoms with van der Waals surface area (Å²) in [6, 6.07) is 0. The summed E-state index contributed by atoms with van der Waals surface area (Å²) < 4.78 is 15.7. The van der Waals surface area contributed by atoms with Crippen LogP contribution in [-0.4, -0.2) is 75.9 Å². The van der Waals surface area contributed by atoms with Gasteiger partial charge in [0.05, 0.1) is 19.1 Å². The molecule has 116 valence electrons. The second-order valence-electron chi connectivity index (χ2n) is 5.20. The summed E-state index contributed by atoms with van der Waals surface area (Å²) in [6.45, 7) is 1.20. The second-order valence-corrected chi connectivity index (χ2v) is 5.20. The third kappa shape index (κ3) is 3.27. The van der Waals surface area contributed by atoms with E-state index in [-0.39, 0.29) is 12.5 Å². The number of aliphatic hydroxyl groups is 4. The smallest absolute Gasteiger partial charge is 0.308 e. The van der Waals surface area contributed by atoms with E-state index in [9.17, 15) is 20.1 Å². The van der Waals surface area contributed by atoms with Crippen molar-refractivity contribution in [3.05, 3.63) is 0 Å². The molecule has 0 radical (unpaired) electrons. The minimum atomic E-state index is -1.49. The average Bonchev–Trinajstić information content (AvgIpc) is 2.38. The van der Waals surface area contributed by atoms with Crippen LogP contribution in [0.3, 0.4) is 0 Å². The van der Waals surface area contributed by atoms with Crippen molar-refractivity contribution >= 4 is 5.97 Å². The first-order valence-electron chi connectivity index (χ1n) is 6.57. The SMILES string of the molecule is C[C@H]1C[C@H](O[C@H]2O[C@@H](CO)[C@H](O)[C@@H](O)[C@@H]2O)CC(=O)O1. The lowest BCUT2D eigenvalue weighted by molar-refractivity contribution is -0.314.